The molecule has 2 saturated carbocycles. The van der Waals surface area contributed by atoms with Crippen molar-refractivity contribution in [3.8, 4) is 0 Å². The van der Waals surface area contributed by atoms with Crippen LogP contribution >= 0.6 is 0 Å². The Morgan fingerprint density at radius 1 is 1.47 bits per heavy atom. The second kappa shape index (κ2) is 4.58. The molecule has 0 heterocycles. The lowest BCUT2D eigenvalue weighted by Crippen LogP contribution is -2.46. The van der Waals surface area contributed by atoms with Gasteiger partial charge in [0.25, 0.3) is 0 Å². The van der Waals surface area contributed by atoms with E-state index in [1.54, 1.807) is 0 Å². The first kappa shape index (κ1) is 12.8. The number of aliphatic hydroxyl groups is 2. The topological polar surface area (TPSA) is 40.5 Å². The molecule has 2 N–H and O–H groups in total. The maximum absolute atomic E-state index is 10.3. The van der Waals surface area contributed by atoms with Gasteiger partial charge in [-0.05, 0) is 50.5 Å². The van der Waals surface area contributed by atoms with Crippen molar-refractivity contribution in [2.45, 2.75) is 52.1 Å². The lowest BCUT2D eigenvalue weighted by Gasteiger charge is -2.50. The predicted octanol–water partition coefficient (Wildman–Crippen LogP) is 2.81. The van der Waals surface area contributed by atoms with Crippen LogP contribution in [0, 0.1) is 11.3 Å². The standard InChI is InChI=1S/C15H24O2/c1-10-4-5-14(17)15(3)7-6-12(8-13(10)15)11(2)9-16/h13-14,16-17H,1,4-9H2,2-3H3/t13-,14+,15+/m0/s1. The minimum atomic E-state index is -0.186. The van der Waals surface area contributed by atoms with E-state index in [-0.39, 0.29) is 18.1 Å². The highest BCUT2D eigenvalue weighted by Crippen LogP contribution is 2.53. The van der Waals surface area contributed by atoms with Crippen molar-refractivity contribution in [1.82, 2.24) is 0 Å². The fraction of sp³-hybridized carbons (Fsp3) is 0.733. The zero-order valence-electron chi connectivity index (χ0n) is 11.0. The fourth-order valence-corrected chi connectivity index (χ4v) is 3.51. The second-order valence-corrected chi connectivity index (χ2v) is 6.02. The van der Waals surface area contributed by atoms with E-state index in [0.29, 0.717) is 5.92 Å². The van der Waals surface area contributed by atoms with Gasteiger partial charge in [-0.15, -0.1) is 0 Å². The van der Waals surface area contributed by atoms with Gasteiger partial charge in [-0.1, -0.05) is 24.6 Å². The van der Waals surface area contributed by atoms with Gasteiger partial charge in [-0.2, -0.15) is 0 Å². The van der Waals surface area contributed by atoms with Crippen LogP contribution in [-0.4, -0.2) is 22.9 Å². The Morgan fingerprint density at radius 2 is 2.18 bits per heavy atom. The third kappa shape index (κ3) is 2.09. The number of allylic oxidation sites excluding steroid dienone is 2. The molecule has 17 heavy (non-hydrogen) atoms. The molecule has 0 bridgehead atoms. The van der Waals surface area contributed by atoms with Crippen molar-refractivity contribution in [3.05, 3.63) is 23.3 Å². The van der Waals surface area contributed by atoms with Gasteiger partial charge in [-0.3, -0.25) is 0 Å². The molecule has 96 valence electrons. The fourth-order valence-electron chi connectivity index (χ4n) is 3.51. The van der Waals surface area contributed by atoms with Crippen molar-refractivity contribution in [3.63, 3.8) is 0 Å². The van der Waals surface area contributed by atoms with Gasteiger partial charge in [0.2, 0.25) is 0 Å². The third-order valence-corrected chi connectivity index (χ3v) is 5.05. The molecule has 2 nitrogen and oxygen atoms in total. The number of aliphatic hydroxyl groups excluding tert-OH is 2. The summed E-state index contributed by atoms with van der Waals surface area (Å²) >= 11 is 0. The summed E-state index contributed by atoms with van der Waals surface area (Å²) in [7, 11) is 0. The Balaban J connectivity index is 2.27. The first-order valence-electron chi connectivity index (χ1n) is 6.63. The Bertz CT molecular complexity index is 356. The number of fused-ring (bicyclic) bond motifs is 1. The maximum Gasteiger partial charge on any atom is 0.0641 e. The lowest BCUT2D eigenvalue weighted by molar-refractivity contribution is -0.0341. The smallest absolute Gasteiger partial charge is 0.0641 e. The third-order valence-electron chi connectivity index (χ3n) is 5.05. The Labute approximate surface area is 104 Å². The predicted molar refractivity (Wildman–Crippen MR) is 69.6 cm³/mol. The Kier molecular flexibility index (Phi) is 3.46. The molecule has 2 aliphatic rings. The average molecular weight is 236 g/mol. The number of hydrogen-bond donors (Lipinski definition) is 2. The van der Waals surface area contributed by atoms with Crippen LogP contribution in [0.25, 0.3) is 0 Å². The van der Waals surface area contributed by atoms with Crippen molar-refractivity contribution in [2.75, 3.05) is 6.61 Å². The molecule has 0 unspecified atom stereocenters. The lowest BCUT2D eigenvalue weighted by atomic mass is 9.56. The van der Waals surface area contributed by atoms with Crippen LogP contribution in [0.4, 0.5) is 0 Å². The molecule has 2 aliphatic carbocycles. The Morgan fingerprint density at radius 3 is 2.82 bits per heavy atom. The van der Waals surface area contributed by atoms with E-state index in [1.165, 1.54) is 11.1 Å². The molecule has 2 fully saturated rings. The minimum absolute atomic E-state index is 0.00850. The second-order valence-electron chi connectivity index (χ2n) is 6.02. The summed E-state index contributed by atoms with van der Waals surface area (Å²) in [5.41, 5.74) is 3.79. The normalized spacial score (nSPS) is 41.1. The minimum Gasteiger partial charge on any atom is -0.393 e. The van der Waals surface area contributed by atoms with E-state index in [0.717, 1.165) is 37.7 Å². The van der Waals surface area contributed by atoms with E-state index in [2.05, 4.69) is 13.5 Å². The molecule has 0 aromatic carbocycles. The monoisotopic (exact) mass is 236 g/mol. The SMILES string of the molecule is C=C1CC[C@@H](O)[C@]2(C)CCC(=C(C)CO)C[C@@H]12. The summed E-state index contributed by atoms with van der Waals surface area (Å²) in [5.74, 6) is 0.400. The van der Waals surface area contributed by atoms with Crippen LogP contribution in [0.15, 0.2) is 23.3 Å². The van der Waals surface area contributed by atoms with Crippen LogP contribution < -0.4 is 0 Å². The van der Waals surface area contributed by atoms with E-state index in [1.807, 2.05) is 6.92 Å². The summed E-state index contributed by atoms with van der Waals surface area (Å²) in [6.07, 6.45) is 4.65. The molecule has 2 rings (SSSR count). The maximum atomic E-state index is 10.3. The van der Waals surface area contributed by atoms with Crippen molar-refractivity contribution in [1.29, 1.82) is 0 Å². The van der Waals surface area contributed by atoms with Crippen LogP contribution in [-0.2, 0) is 0 Å². The zero-order chi connectivity index (χ0) is 12.6. The highest BCUT2D eigenvalue weighted by atomic mass is 16.3. The van der Waals surface area contributed by atoms with Crippen molar-refractivity contribution < 1.29 is 10.2 Å². The van der Waals surface area contributed by atoms with Gasteiger partial charge in [0.05, 0.1) is 12.7 Å². The molecule has 0 aromatic rings. The first-order chi connectivity index (χ1) is 7.99. The van der Waals surface area contributed by atoms with Gasteiger partial charge in [0.1, 0.15) is 0 Å². The summed E-state index contributed by atoms with van der Waals surface area (Å²) in [5, 5.41) is 19.5. The molecule has 0 aromatic heterocycles. The number of rotatable bonds is 1. The molecule has 0 radical (unpaired) electrons. The summed E-state index contributed by atoms with van der Waals surface area (Å²) in [6.45, 7) is 8.58. The quantitative estimate of drug-likeness (QED) is 0.687. The first-order valence-corrected chi connectivity index (χ1v) is 6.63. The van der Waals surface area contributed by atoms with Crippen LogP contribution in [0.3, 0.4) is 0 Å². The van der Waals surface area contributed by atoms with Crippen molar-refractivity contribution >= 4 is 0 Å². The molecule has 3 atom stereocenters. The van der Waals surface area contributed by atoms with E-state index in [4.69, 9.17) is 0 Å². The highest BCUT2D eigenvalue weighted by Gasteiger charge is 2.47. The summed E-state index contributed by atoms with van der Waals surface area (Å²) < 4.78 is 0. The van der Waals surface area contributed by atoms with Gasteiger partial charge in [-0.25, -0.2) is 0 Å². The van der Waals surface area contributed by atoms with E-state index >= 15 is 0 Å². The molecule has 0 amide bonds. The summed E-state index contributed by atoms with van der Waals surface area (Å²) in [6, 6.07) is 0. The molecule has 0 aliphatic heterocycles. The molecular weight excluding hydrogens is 212 g/mol. The van der Waals surface area contributed by atoms with Crippen LogP contribution in [0.1, 0.15) is 46.0 Å². The van der Waals surface area contributed by atoms with Gasteiger partial charge in [0, 0.05) is 5.41 Å². The molecule has 0 spiro atoms. The number of hydrogen-bond acceptors (Lipinski definition) is 2. The summed E-state index contributed by atoms with van der Waals surface area (Å²) in [4.78, 5) is 0. The van der Waals surface area contributed by atoms with Crippen LogP contribution in [0.5, 0.6) is 0 Å². The van der Waals surface area contributed by atoms with E-state index < -0.39 is 0 Å². The largest absolute Gasteiger partial charge is 0.393 e. The average Bonchev–Trinajstić information content (AvgIpc) is 2.33. The van der Waals surface area contributed by atoms with Gasteiger partial charge >= 0.3 is 0 Å². The Hall–Kier alpha value is -0.600. The van der Waals surface area contributed by atoms with Crippen molar-refractivity contribution in [2.24, 2.45) is 11.3 Å². The highest BCUT2D eigenvalue weighted by molar-refractivity contribution is 5.24. The zero-order valence-corrected chi connectivity index (χ0v) is 11.0. The van der Waals surface area contributed by atoms with E-state index in [9.17, 15) is 10.2 Å². The molecular formula is C15H24O2. The molecule has 2 heteroatoms. The van der Waals surface area contributed by atoms with Gasteiger partial charge < -0.3 is 10.2 Å². The van der Waals surface area contributed by atoms with Crippen LogP contribution in [0.2, 0.25) is 0 Å². The molecule has 0 saturated heterocycles. The van der Waals surface area contributed by atoms with Gasteiger partial charge in [0.15, 0.2) is 0 Å².